The molecule has 6 nitrogen and oxygen atoms in total. The maximum atomic E-state index is 12.6. The highest BCUT2D eigenvalue weighted by Gasteiger charge is 2.21. The zero-order chi connectivity index (χ0) is 20.0. The van der Waals surface area contributed by atoms with E-state index in [1.165, 1.54) is 16.4 Å². The van der Waals surface area contributed by atoms with Crippen LogP contribution in [0.25, 0.3) is 0 Å². The van der Waals surface area contributed by atoms with E-state index in [0.717, 1.165) is 11.1 Å². The van der Waals surface area contributed by atoms with Gasteiger partial charge < -0.3 is 10.1 Å². The van der Waals surface area contributed by atoms with Crippen LogP contribution in [-0.2, 0) is 14.8 Å². The number of ether oxygens (including phenoxy) is 1. The monoisotopic (exact) mass is 390 g/mol. The standard InChI is InChI=1S/C20H26N2O4S/c1-5-22(6-2)27(24,25)18-9-7-8-17(13-18)21-20(23)14-26-19-11-10-15(3)12-16(19)4/h7-13H,5-6,14H2,1-4H3,(H,21,23). The lowest BCUT2D eigenvalue weighted by molar-refractivity contribution is -0.118. The second kappa shape index (κ2) is 9.01. The van der Waals surface area contributed by atoms with Gasteiger partial charge in [-0.25, -0.2) is 8.42 Å². The summed E-state index contributed by atoms with van der Waals surface area (Å²) < 4.78 is 32.1. The van der Waals surface area contributed by atoms with Crippen LogP contribution in [-0.4, -0.2) is 38.3 Å². The van der Waals surface area contributed by atoms with Crippen LogP contribution in [0.2, 0.25) is 0 Å². The van der Waals surface area contributed by atoms with E-state index in [1.807, 2.05) is 32.0 Å². The van der Waals surface area contributed by atoms with Crippen molar-refractivity contribution in [2.75, 3.05) is 25.0 Å². The molecule has 0 atom stereocenters. The molecule has 0 radical (unpaired) electrons. The van der Waals surface area contributed by atoms with E-state index >= 15 is 0 Å². The third-order valence-corrected chi connectivity index (χ3v) is 6.20. The molecule has 2 aromatic carbocycles. The van der Waals surface area contributed by atoms with Gasteiger partial charge in [0.1, 0.15) is 5.75 Å². The van der Waals surface area contributed by atoms with Gasteiger partial charge >= 0.3 is 0 Å². The summed E-state index contributed by atoms with van der Waals surface area (Å²) in [5.41, 5.74) is 2.49. The fourth-order valence-electron chi connectivity index (χ4n) is 2.75. The number of nitrogens with one attached hydrogen (secondary N) is 1. The third-order valence-electron chi connectivity index (χ3n) is 4.15. The zero-order valence-corrected chi connectivity index (χ0v) is 17.0. The molecule has 2 rings (SSSR count). The quantitative estimate of drug-likeness (QED) is 0.750. The van der Waals surface area contributed by atoms with Crippen LogP contribution >= 0.6 is 0 Å². The molecule has 0 aromatic heterocycles. The van der Waals surface area contributed by atoms with Crippen molar-refractivity contribution < 1.29 is 17.9 Å². The van der Waals surface area contributed by atoms with Crippen molar-refractivity contribution in [2.45, 2.75) is 32.6 Å². The predicted molar refractivity (Wildman–Crippen MR) is 107 cm³/mol. The van der Waals surface area contributed by atoms with Gasteiger partial charge in [-0.2, -0.15) is 4.31 Å². The second-order valence-electron chi connectivity index (χ2n) is 6.22. The molecular weight excluding hydrogens is 364 g/mol. The first-order valence-corrected chi connectivity index (χ1v) is 10.3. The largest absolute Gasteiger partial charge is 0.483 e. The molecule has 0 saturated heterocycles. The summed E-state index contributed by atoms with van der Waals surface area (Å²) in [5, 5.41) is 2.68. The highest BCUT2D eigenvalue weighted by atomic mass is 32.2. The van der Waals surface area contributed by atoms with Crippen molar-refractivity contribution in [1.29, 1.82) is 0 Å². The summed E-state index contributed by atoms with van der Waals surface area (Å²) in [4.78, 5) is 12.3. The molecule has 1 N–H and O–H groups in total. The van der Waals surface area contributed by atoms with Gasteiger partial charge in [-0.05, 0) is 43.7 Å². The van der Waals surface area contributed by atoms with Crippen LogP contribution in [0.1, 0.15) is 25.0 Å². The Bertz CT molecular complexity index is 906. The lowest BCUT2D eigenvalue weighted by Gasteiger charge is -2.19. The number of sulfonamides is 1. The molecule has 7 heteroatoms. The molecule has 0 fully saturated rings. The molecule has 0 heterocycles. The molecule has 146 valence electrons. The molecule has 27 heavy (non-hydrogen) atoms. The Hall–Kier alpha value is -2.38. The van der Waals surface area contributed by atoms with Crippen molar-refractivity contribution in [2.24, 2.45) is 0 Å². The fourth-order valence-corrected chi connectivity index (χ4v) is 4.25. The molecule has 0 aliphatic rings. The Kier molecular flexibility index (Phi) is 6.98. The Balaban J connectivity index is 2.06. The van der Waals surface area contributed by atoms with Crippen molar-refractivity contribution in [3.63, 3.8) is 0 Å². The average molecular weight is 391 g/mol. The number of carbonyl (C=O) groups excluding carboxylic acids is 1. The Morgan fingerprint density at radius 1 is 1.07 bits per heavy atom. The van der Waals surface area contributed by atoms with Gasteiger partial charge in [0, 0.05) is 18.8 Å². The maximum absolute atomic E-state index is 12.6. The molecule has 0 aliphatic heterocycles. The third kappa shape index (κ3) is 5.30. The molecule has 0 bridgehead atoms. The van der Waals surface area contributed by atoms with E-state index in [9.17, 15) is 13.2 Å². The van der Waals surface area contributed by atoms with E-state index in [4.69, 9.17) is 4.74 Å². The number of carbonyl (C=O) groups is 1. The van der Waals surface area contributed by atoms with Crippen molar-refractivity contribution >= 4 is 21.6 Å². The Morgan fingerprint density at radius 2 is 1.78 bits per heavy atom. The number of benzene rings is 2. The minimum Gasteiger partial charge on any atom is -0.483 e. The summed E-state index contributed by atoms with van der Waals surface area (Å²) in [7, 11) is -3.57. The van der Waals surface area contributed by atoms with Gasteiger partial charge in [0.25, 0.3) is 5.91 Å². The lowest BCUT2D eigenvalue weighted by atomic mass is 10.1. The predicted octanol–water partition coefficient (Wildman–Crippen LogP) is 3.35. The van der Waals surface area contributed by atoms with Crippen LogP contribution in [0.5, 0.6) is 5.75 Å². The number of hydrogen-bond donors (Lipinski definition) is 1. The molecule has 0 unspecified atom stereocenters. The van der Waals surface area contributed by atoms with Crippen LogP contribution in [0.15, 0.2) is 47.4 Å². The lowest BCUT2D eigenvalue weighted by Crippen LogP contribution is -2.30. The molecule has 1 amide bonds. The molecular formula is C20H26N2O4S. The van der Waals surface area contributed by atoms with Crippen LogP contribution < -0.4 is 10.1 Å². The maximum Gasteiger partial charge on any atom is 0.262 e. The highest BCUT2D eigenvalue weighted by molar-refractivity contribution is 7.89. The van der Waals surface area contributed by atoms with E-state index in [-0.39, 0.29) is 17.4 Å². The summed E-state index contributed by atoms with van der Waals surface area (Å²) in [6, 6.07) is 12.0. The topological polar surface area (TPSA) is 75.7 Å². The van der Waals surface area contributed by atoms with E-state index in [1.54, 1.807) is 26.0 Å². The minimum absolute atomic E-state index is 0.152. The Morgan fingerprint density at radius 3 is 2.41 bits per heavy atom. The minimum atomic E-state index is -3.57. The second-order valence-corrected chi connectivity index (χ2v) is 8.16. The number of nitrogens with zero attached hydrogens (tertiary/aromatic N) is 1. The molecule has 2 aromatic rings. The van der Waals surface area contributed by atoms with E-state index < -0.39 is 10.0 Å². The van der Waals surface area contributed by atoms with Crippen LogP contribution in [0, 0.1) is 13.8 Å². The van der Waals surface area contributed by atoms with Gasteiger partial charge in [-0.3, -0.25) is 4.79 Å². The highest BCUT2D eigenvalue weighted by Crippen LogP contribution is 2.20. The van der Waals surface area contributed by atoms with Crippen molar-refractivity contribution in [3.05, 3.63) is 53.6 Å². The summed E-state index contributed by atoms with van der Waals surface area (Å²) in [6.45, 7) is 8.11. The van der Waals surface area contributed by atoms with Gasteiger partial charge in [0.2, 0.25) is 10.0 Å². The van der Waals surface area contributed by atoms with Gasteiger partial charge in [0.05, 0.1) is 4.90 Å². The van der Waals surface area contributed by atoms with Gasteiger partial charge in [-0.15, -0.1) is 0 Å². The van der Waals surface area contributed by atoms with Crippen LogP contribution in [0.4, 0.5) is 5.69 Å². The van der Waals surface area contributed by atoms with Crippen molar-refractivity contribution in [1.82, 2.24) is 4.31 Å². The number of amides is 1. The SMILES string of the molecule is CCN(CC)S(=O)(=O)c1cccc(NC(=O)COc2ccc(C)cc2C)c1. The number of aryl methyl sites for hydroxylation is 2. The normalized spacial score (nSPS) is 11.4. The van der Waals surface area contributed by atoms with E-state index in [0.29, 0.717) is 24.5 Å². The summed E-state index contributed by atoms with van der Waals surface area (Å²) >= 11 is 0. The summed E-state index contributed by atoms with van der Waals surface area (Å²) in [6.07, 6.45) is 0. The first kappa shape index (κ1) is 20.9. The number of rotatable bonds is 8. The first-order chi connectivity index (χ1) is 12.8. The molecule has 0 saturated carbocycles. The van der Waals surface area contributed by atoms with Gasteiger partial charge in [0.15, 0.2) is 6.61 Å². The van der Waals surface area contributed by atoms with E-state index in [2.05, 4.69) is 5.32 Å². The number of hydrogen-bond acceptors (Lipinski definition) is 4. The summed E-state index contributed by atoms with van der Waals surface area (Å²) in [5.74, 6) is 0.293. The molecule has 0 aliphatic carbocycles. The zero-order valence-electron chi connectivity index (χ0n) is 16.2. The number of anilines is 1. The average Bonchev–Trinajstić information content (AvgIpc) is 2.62. The van der Waals surface area contributed by atoms with Crippen LogP contribution in [0.3, 0.4) is 0 Å². The first-order valence-electron chi connectivity index (χ1n) is 8.88. The Labute approximate surface area is 161 Å². The fraction of sp³-hybridized carbons (Fsp3) is 0.350. The van der Waals surface area contributed by atoms with Gasteiger partial charge in [-0.1, -0.05) is 37.6 Å². The molecule has 0 spiro atoms. The van der Waals surface area contributed by atoms with Crippen molar-refractivity contribution in [3.8, 4) is 5.75 Å². The smallest absolute Gasteiger partial charge is 0.262 e.